The Kier molecular flexibility index (Phi) is 7.84. The summed E-state index contributed by atoms with van der Waals surface area (Å²) in [6.45, 7) is 7.16. The van der Waals surface area contributed by atoms with Crippen molar-refractivity contribution in [2.75, 3.05) is 23.8 Å². The van der Waals surface area contributed by atoms with Gasteiger partial charge in [-0.05, 0) is 62.6 Å². The first kappa shape index (κ1) is 24.0. The first-order chi connectivity index (χ1) is 15.8. The number of carbonyl (C=O) groups is 3. The van der Waals surface area contributed by atoms with Crippen molar-refractivity contribution >= 4 is 39.8 Å². The summed E-state index contributed by atoms with van der Waals surface area (Å²) in [6.07, 6.45) is 0. The minimum Gasteiger partial charge on any atom is -0.483 e. The first-order valence-electron chi connectivity index (χ1n) is 10.5. The smallest absolute Gasteiger partial charge is 0.341 e. The maximum absolute atomic E-state index is 12.9. The van der Waals surface area contributed by atoms with Gasteiger partial charge in [-0.1, -0.05) is 30.3 Å². The highest BCUT2D eigenvalue weighted by molar-refractivity contribution is 7.18. The van der Waals surface area contributed by atoms with Gasteiger partial charge in [0.25, 0.3) is 11.8 Å². The van der Waals surface area contributed by atoms with Gasteiger partial charge in [0.15, 0.2) is 6.61 Å². The molecule has 2 amide bonds. The summed E-state index contributed by atoms with van der Waals surface area (Å²) in [6, 6.07) is 14.6. The topological polar surface area (TPSA) is 93.7 Å². The number of carbonyl (C=O) groups excluding carboxylic acids is 3. The standard InChI is InChI=1S/C25H26N2O5S/c1-5-31-25(30)21-17(4)22(23(29)26-18-11-7-6-8-12-18)33-24(21)27-20(28)14-32-19-13-9-10-15(2)16(19)3/h6-13H,5,14H2,1-4H3,(H,26,29)(H,27,28). The number of ether oxygens (including phenoxy) is 2. The van der Waals surface area contributed by atoms with E-state index in [1.54, 1.807) is 32.0 Å². The Morgan fingerprint density at radius 2 is 1.64 bits per heavy atom. The fourth-order valence-corrected chi connectivity index (χ4v) is 4.27. The third kappa shape index (κ3) is 5.78. The molecule has 2 N–H and O–H groups in total. The molecule has 0 saturated heterocycles. The van der Waals surface area contributed by atoms with Crippen LogP contribution in [0.25, 0.3) is 0 Å². The van der Waals surface area contributed by atoms with E-state index in [1.807, 2.05) is 44.2 Å². The lowest BCUT2D eigenvalue weighted by Gasteiger charge is -2.11. The highest BCUT2D eigenvalue weighted by Crippen LogP contribution is 2.34. The average Bonchev–Trinajstić information content (AvgIpc) is 3.11. The molecule has 0 atom stereocenters. The third-order valence-electron chi connectivity index (χ3n) is 5.03. The second-order valence-corrected chi connectivity index (χ2v) is 8.36. The molecule has 2 aromatic carbocycles. The average molecular weight is 467 g/mol. The molecule has 1 aromatic heterocycles. The fraction of sp³-hybridized carbons (Fsp3) is 0.240. The molecule has 3 rings (SSSR count). The molecule has 0 aliphatic carbocycles. The van der Waals surface area contributed by atoms with Crippen LogP contribution in [0.4, 0.5) is 10.7 Å². The molecule has 0 radical (unpaired) electrons. The Labute approximate surface area is 196 Å². The van der Waals surface area contributed by atoms with Crippen molar-refractivity contribution < 1.29 is 23.9 Å². The van der Waals surface area contributed by atoms with Crippen LogP contribution >= 0.6 is 11.3 Å². The Morgan fingerprint density at radius 3 is 2.33 bits per heavy atom. The van der Waals surface area contributed by atoms with E-state index in [0.717, 1.165) is 22.5 Å². The van der Waals surface area contributed by atoms with Gasteiger partial charge < -0.3 is 20.1 Å². The van der Waals surface area contributed by atoms with Crippen molar-refractivity contribution in [3.8, 4) is 5.75 Å². The molecule has 0 spiro atoms. The van der Waals surface area contributed by atoms with Gasteiger partial charge in [-0.3, -0.25) is 9.59 Å². The Bertz CT molecular complexity index is 1170. The predicted octanol–water partition coefficient (Wildman–Crippen LogP) is 5.12. The van der Waals surface area contributed by atoms with E-state index in [-0.39, 0.29) is 29.7 Å². The van der Waals surface area contributed by atoms with Gasteiger partial charge in [0.2, 0.25) is 0 Å². The number of hydrogen-bond acceptors (Lipinski definition) is 6. The third-order valence-corrected chi connectivity index (χ3v) is 6.24. The van der Waals surface area contributed by atoms with E-state index >= 15 is 0 Å². The van der Waals surface area contributed by atoms with Gasteiger partial charge in [-0.15, -0.1) is 11.3 Å². The number of rotatable bonds is 8. The normalized spacial score (nSPS) is 10.4. The largest absolute Gasteiger partial charge is 0.483 e. The summed E-state index contributed by atoms with van der Waals surface area (Å²) in [7, 11) is 0. The lowest BCUT2D eigenvalue weighted by atomic mass is 10.1. The monoisotopic (exact) mass is 466 g/mol. The number of benzene rings is 2. The fourth-order valence-electron chi connectivity index (χ4n) is 3.16. The van der Waals surface area contributed by atoms with Gasteiger partial charge >= 0.3 is 5.97 Å². The van der Waals surface area contributed by atoms with Gasteiger partial charge in [0.05, 0.1) is 17.0 Å². The van der Waals surface area contributed by atoms with Crippen molar-refractivity contribution in [1.82, 2.24) is 0 Å². The molecule has 1 heterocycles. The van der Waals surface area contributed by atoms with Crippen LogP contribution in [0.5, 0.6) is 5.75 Å². The predicted molar refractivity (Wildman–Crippen MR) is 129 cm³/mol. The summed E-state index contributed by atoms with van der Waals surface area (Å²) in [5, 5.41) is 5.76. The molecule has 0 unspecified atom stereocenters. The minimum absolute atomic E-state index is 0.167. The molecular weight excluding hydrogens is 440 g/mol. The summed E-state index contributed by atoms with van der Waals surface area (Å²) < 4.78 is 10.8. The molecule has 3 aromatic rings. The van der Waals surface area contributed by atoms with E-state index in [0.29, 0.717) is 21.9 Å². The molecule has 0 saturated carbocycles. The zero-order valence-electron chi connectivity index (χ0n) is 19.0. The van der Waals surface area contributed by atoms with E-state index in [2.05, 4.69) is 10.6 Å². The van der Waals surface area contributed by atoms with E-state index in [9.17, 15) is 14.4 Å². The zero-order valence-corrected chi connectivity index (χ0v) is 19.8. The Balaban J connectivity index is 1.81. The molecule has 0 aliphatic rings. The summed E-state index contributed by atoms with van der Waals surface area (Å²) in [5.41, 5.74) is 3.24. The van der Waals surface area contributed by atoms with Crippen LogP contribution in [0.3, 0.4) is 0 Å². The lowest BCUT2D eigenvalue weighted by molar-refractivity contribution is -0.118. The maximum Gasteiger partial charge on any atom is 0.341 e. The highest BCUT2D eigenvalue weighted by atomic mass is 32.1. The van der Waals surface area contributed by atoms with Gasteiger partial charge in [0.1, 0.15) is 10.8 Å². The summed E-state index contributed by atoms with van der Waals surface area (Å²) in [5.74, 6) is -0.809. The molecule has 172 valence electrons. The highest BCUT2D eigenvalue weighted by Gasteiger charge is 2.27. The van der Waals surface area contributed by atoms with Crippen LogP contribution in [0, 0.1) is 20.8 Å². The van der Waals surface area contributed by atoms with Crippen molar-refractivity contribution in [2.24, 2.45) is 0 Å². The number of thiophene rings is 1. The van der Waals surface area contributed by atoms with Crippen LogP contribution in [0.15, 0.2) is 48.5 Å². The number of anilines is 2. The zero-order chi connectivity index (χ0) is 24.0. The Hall–Kier alpha value is -3.65. The van der Waals surface area contributed by atoms with Crippen LogP contribution in [0.1, 0.15) is 43.6 Å². The SMILES string of the molecule is CCOC(=O)c1c(NC(=O)COc2cccc(C)c2C)sc(C(=O)Nc2ccccc2)c1C. The van der Waals surface area contributed by atoms with Gasteiger partial charge in [0, 0.05) is 5.69 Å². The van der Waals surface area contributed by atoms with E-state index < -0.39 is 11.9 Å². The summed E-state index contributed by atoms with van der Waals surface area (Å²) >= 11 is 1.02. The second kappa shape index (κ2) is 10.8. The molecular formula is C25H26N2O5S. The van der Waals surface area contributed by atoms with Crippen LogP contribution in [-0.2, 0) is 9.53 Å². The van der Waals surface area contributed by atoms with Crippen LogP contribution in [0.2, 0.25) is 0 Å². The molecule has 0 aliphatic heterocycles. The molecule has 0 bridgehead atoms. The Morgan fingerprint density at radius 1 is 0.909 bits per heavy atom. The molecule has 0 fully saturated rings. The van der Waals surface area contributed by atoms with Crippen molar-refractivity contribution in [1.29, 1.82) is 0 Å². The number of hydrogen-bond donors (Lipinski definition) is 2. The lowest BCUT2D eigenvalue weighted by Crippen LogP contribution is -2.21. The van der Waals surface area contributed by atoms with E-state index in [1.165, 1.54) is 0 Å². The number of amides is 2. The van der Waals surface area contributed by atoms with Crippen molar-refractivity contribution in [2.45, 2.75) is 27.7 Å². The summed E-state index contributed by atoms with van der Waals surface area (Å²) in [4.78, 5) is 38.4. The first-order valence-corrected chi connectivity index (χ1v) is 11.3. The molecule has 8 heteroatoms. The van der Waals surface area contributed by atoms with Gasteiger partial charge in [-0.25, -0.2) is 4.79 Å². The molecule has 7 nitrogen and oxygen atoms in total. The quantitative estimate of drug-likeness (QED) is 0.450. The van der Waals surface area contributed by atoms with E-state index in [4.69, 9.17) is 9.47 Å². The second-order valence-electron chi connectivity index (χ2n) is 7.34. The minimum atomic E-state index is -0.601. The number of aryl methyl sites for hydroxylation is 1. The number of esters is 1. The van der Waals surface area contributed by atoms with Crippen LogP contribution in [-0.4, -0.2) is 31.0 Å². The van der Waals surface area contributed by atoms with Crippen molar-refractivity contribution in [3.05, 3.63) is 75.7 Å². The van der Waals surface area contributed by atoms with Crippen molar-refractivity contribution in [3.63, 3.8) is 0 Å². The molecule has 33 heavy (non-hydrogen) atoms. The van der Waals surface area contributed by atoms with Gasteiger partial charge in [-0.2, -0.15) is 0 Å². The number of nitrogens with one attached hydrogen (secondary N) is 2. The van der Waals surface area contributed by atoms with Crippen LogP contribution < -0.4 is 15.4 Å². The maximum atomic E-state index is 12.9. The number of para-hydroxylation sites is 1.